The number of alkyl halides is 2. The van der Waals surface area contributed by atoms with Crippen LogP contribution in [0.1, 0.15) is 123 Å². The predicted molar refractivity (Wildman–Crippen MR) is 290 cm³/mol. The smallest absolute Gasteiger partial charge is 0.312 e. The second-order valence-electron chi connectivity index (χ2n) is 22.7. The van der Waals surface area contributed by atoms with Crippen molar-refractivity contribution in [3.8, 4) is 0 Å². The highest BCUT2D eigenvalue weighted by molar-refractivity contribution is 14.1. The van der Waals surface area contributed by atoms with Crippen molar-refractivity contribution < 1.29 is 62.4 Å². The molecule has 3 saturated heterocycles. The third kappa shape index (κ3) is 14.2. The van der Waals surface area contributed by atoms with Gasteiger partial charge >= 0.3 is 5.97 Å². The Balaban J connectivity index is 1.23. The number of hydrogen-bond acceptors (Lipinski definition) is 17. The van der Waals surface area contributed by atoms with E-state index in [1.807, 2.05) is 62.4 Å². The number of hydrogen-bond donors (Lipinski definition) is 4. The van der Waals surface area contributed by atoms with Gasteiger partial charge in [-0.25, -0.2) is 9.07 Å². The van der Waals surface area contributed by atoms with E-state index in [2.05, 4.69) is 52.4 Å². The number of cyclic esters (lactones) is 1. The van der Waals surface area contributed by atoms with Gasteiger partial charge in [0.15, 0.2) is 16.7 Å². The molecule has 0 amide bonds. The van der Waals surface area contributed by atoms with E-state index in [0.29, 0.717) is 31.5 Å². The molecule has 0 unspecified atom stereocenters. The van der Waals surface area contributed by atoms with Crippen molar-refractivity contribution in [2.45, 2.75) is 189 Å². The molecule has 0 saturated carbocycles. The number of carbonyl (C=O) groups excluding carboxylic acids is 1. The Kier molecular flexibility index (Phi) is 21.5. The second-order valence-corrected chi connectivity index (χ2v) is 23.8. The zero-order valence-electron chi connectivity index (χ0n) is 46.8. The molecule has 5 heterocycles. The lowest BCUT2D eigenvalue weighted by Crippen LogP contribution is -2.60. The quantitative estimate of drug-likeness (QED) is 0.0780. The first-order valence-electron chi connectivity index (χ1n) is 26.7. The first kappa shape index (κ1) is 61.6. The topological polar surface area (TPSA) is 213 Å². The number of likely N-dealkylation sites (N-methyl/N-ethyl adjacent to an activating group) is 2. The minimum Gasteiger partial charge on any atom is -0.448 e. The maximum absolute atomic E-state index is 15.0. The number of carbonyl (C=O) groups is 1. The molecule has 19 atom stereocenters. The van der Waals surface area contributed by atoms with Gasteiger partial charge in [-0.1, -0.05) is 56.3 Å². The minimum absolute atomic E-state index is 0.000156. The first-order chi connectivity index (χ1) is 35.3. The van der Waals surface area contributed by atoms with E-state index in [1.54, 1.807) is 52.8 Å². The summed E-state index contributed by atoms with van der Waals surface area (Å²) in [5.41, 5.74) is 0.115. The van der Waals surface area contributed by atoms with Gasteiger partial charge in [0.1, 0.15) is 30.5 Å². The average Bonchev–Trinajstić information content (AvgIpc) is 3.86. The van der Waals surface area contributed by atoms with Crippen LogP contribution in [-0.2, 0) is 49.1 Å². The SMILES string of the molecule is CO[C@H](c1ccc(C2=CCN(C)CC2)cc1)[C@@H](CF)n1cc(CCN(C)[C@@H]2C[C@H](O[C@@H]3[C@@H](C)[C@H](O[C@H]4C[C@@](C)(OC)[C@@H](O)[C@H](C)O4)[C@@H](C)C(=O)O[C@H](I)[C@@](C)(O)[C@H](O)[C@@H](C)C(=N)[C@H](C)C[C@@]3(C)OC)O[C@H](C)C2)nn1. The van der Waals surface area contributed by atoms with E-state index < -0.39 is 112 Å². The molecular formula is C55H88FIN6O12. The van der Waals surface area contributed by atoms with E-state index in [-0.39, 0.29) is 30.7 Å². The van der Waals surface area contributed by atoms with Crippen LogP contribution >= 0.6 is 22.6 Å². The number of nitrogens with one attached hydrogen (secondary N) is 1. The number of rotatable bonds is 16. The van der Waals surface area contributed by atoms with Crippen LogP contribution in [0.25, 0.3) is 5.57 Å². The Morgan fingerprint density at radius 1 is 0.947 bits per heavy atom. The van der Waals surface area contributed by atoms with Gasteiger partial charge in [-0.2, -0.15) is 0 Å². The molecule has 2 aromatic rings. The first-order valence-corrected chi connectivity index (χ1v) is 28.0. The molecule has 3 fully saturated rings. The van der Waals surface area contributed by atoms with Crippen LogP contribution in [-0.4, -0.2) is 190 Å². The third-order valence-corrected chi connectivity index (χ3v) is 18.5. The number of methoxy groups -OCH3 is 3. The third-order valence-electron chi connectivity index (χ3n) is 17.0. The molecule has 0 bridgehead atoms. The van der Waals surface area contributed by atoms with Gasteiger partial charge in [0.05, 0.1) is 53.3 Å². The Morgan fingerprint density at radius 3 is 2.24 bits per heavy atom. The number of ether oxygens (including phenoxy) is 8. The number of esters is 1. The second kappa shape index (κ2) is 26.1. The van der Waals surface area contributed by atoms with E-state index in [4.69, 9.17) is 37.9 Å². The van der Waals surface area contributed by atoms with E-state index >= 15 is 0 Å². The monoisotopic (exact) mass is 1170 g/mol. The highest BCUT2D eigenvalue weighted by atomic mass is 127. The van der Waals surface area contributed by atoms with Gasteiger partial charge in [0.2, 0.25) is 0 Å². The molecule has 18 nitrogen and oxygen atoms in total. The summed E-state index contributed by atoms with van der Waals surface area (Å²) >= 11 is 1.82. The summed E-state index contributed by atoms with van der Waals surface area (Å²) in [6, 6.07) is 7.47. The van der Waals surface area contributed by atoms with Crippen molar-refractivity contribution in [2.75, 3.05) is 61.7 Å². The zero-order valence-corrected chi connectivity index (χ0v) is 48.9. The fraction of sp³-hybridized carbons (Fsp3) is 0.782. The van der Waals surface area contributed by atoms with Crippen LogP contribution in [0.3, 0.4) is 0 Å². The van der Waals surface area contributed by atoms with Crippen molar-refractivity contribution in [2.24, 2.45) is 23.7 Å². The van der Waals surface area contributed by atoms with E-state index in [9.17, 15) is 29.9 Å². The van der Waals surface area contributed by atoms with Crippen LogP contribution in [0.15, 0.2) is 36.5 Å². The van der Waals surface area contributed by atoms with Crippen molar-refractivity contribution in [1.29, 1.82) is 5.41 Å². The fourth-order valence-corrected chi connectivity index (χ4v) is 12.3. The van der Waals surface area contributed by atoms with Crippen LogP contribution in [0, 0.1) is 29.1 Å². The van der Waals surface area contributed by atoms with Gasteiger partial charge in [0, 0.05) is 90.0 Å². The highest BCUT2D eigenvalue weighted by Crippen LogP contribution is 2.42. The van der Waals surface area contributed by atoms with Gasteiger partial charge < -0.3 is 68.4 Å². The lowest BCUT2D eigenvalue weighted by molar-refractivity contribution is -0.309. The van der Waals surface area contributed by atoms with Crippen molar-refractivity contribution >= 4 is 39.8 Å². The summed E-state index contributed by atoms with van der Waals surface area (Å²) in [7, 11) is 8.87. The summed E-state index contributed by atoms with van der Waals surface area (Å²) in [5.74, 6) is -3.63. The van der Waals surface area contributed by atoms with Crippen LogP contribution in [0.4, 0.5) is 4.39 Å². The van der Waals surface area contributed by atoms with Gasteiger partial charge in [-0.05, 0) is 120 Å². The maximum Gasteiger partial charge on any atom is 0.312 e. The van der Waals surface area contributed by atoms with Gasteiger partial charge in [0.25, 0.3) is 0 Å². The normalized spacial score (nSPS) is 38.9. The maximum atomic E-state index is 15.0. The molecule has 0 spiro atoms. The van der Waals surface area contributed by atoms with E-state index in [0.717, 1.165) is 30.6 Å². The number of aromatic nitrogens is 3. The number of benzene rings is 1. The summed E-state index contributed by atoms with van der Waals surface area (Å²) in [5, 5.41) is 52.6. The molecule has 20 heteroatoms. The molecule has 4 N–H and O–H groups in total. The summed E-state index contributed by atoms with van der Waals surface area (Å²) in [4.78, 5) is 18.9. The summed E-state index contributed by atoms with van der Waals surface area (Å²) in [6.07, 6.45) is -0.241. The molecule has 0 radical (unpaired) electrons. The van der Waals surface area contributed by atoms with Crippen molar-refractivity contribution in [3.63, 3.8) is 0 Å². The number of nitrogens with zero attached hydrogens (tertiary/aromatic N) is 5. The molecule has 0 aliphatic carbocycles. The molecule has 1 aromatic heterocycles. The van der Waals surface area contributed by atoms with Gasteiger partial charge in [-0.3, -0.25) is 4.79 Å². The zero-order chi connectivity index (χ0) is 55.3. The fourth-order valence-electron chi connectivity index (χ4n) is 11.7. The average molecular weight is 1170 g/mol. The van der Waals surface area contributed by atoms with E-state index in [1.165, 1.54) is 19.6 Å². The highest BCUT2D eigenvalue weighted by Gasteiger charge is 2.53. The standard InChI is InChI=1S/C55H88FIN6O12/c1-31-27-54(8,70-14)50(34(4)46(73-44-28-53(7,69-13)49(65)36(6)72-44)35(5)51(66)75-52(57)55(9,67)48(64)33(3)45(31)58)74-43-26-41(25-32(2)71-43)62(11)24-21-40-30-63(60-59-40)42(29-56)47(68-12)39-17-15-37(16-18-39)38-19-22-61(10)23-20-38/h15-19,30-36,41-44,46-50,52,58,64-65,67H,20-29H2,1-14H3/t31-,32-,33+,34+,35-,36+,41+,42-,43+,44+,46+,47-,48-,49+,50-,52+,53-,54-,55+/m1/s1. The Morgan fingerprint density at radius 2 is 1.63 bits per heavy atom. The molecule has 6 rings (SSSR count). The van der Waals surface area contributed by atoms with Crippen LogP contribution in [0.5, 0.6) is 0 Å². The van der Waals surface area contributed by atoms with Gasteiger partial charge in [-0.15, -0.1) is 5.10 Å². The number of aliphatic hydroxyl groups excluding tert-OH is 2. The summed E-state index contributed by atoms with van der Waals surface area (Å²) < 4.78 is 66.5. The lowest BCUT2D eigenvalue weighted by Gasteiger charge is -2.49. The Hall–Kier alpha value is -2.58. The van der Waals surface area contributed by atoms with Crippen LogP contribution in [0.2, 0.25) is 0 Å². The molecule has 424 valence electrons. The molecule has 1 aromatic carbocycles. The Labute approximate surface area is 458 Å². The Bertz CT molecular complexity index is 2210. The molecule has 4 aliphatic heterocycles. The minimum atomic E-state index is -1.93. The molecule has 4 aliphatic rings. The number of aliphatic hydroxyl groups is 3. The molecule has 75 heavy (non-hydrogen) atoms. The largest absolute Gasteiger partial charge is 0.448 e. The van der Waals surface area contributed by atoms with Crippen molar-refractivity contribution in [3.05, 3.63) is 53.4 Å². The predicted octanol–water partition coefficient (Wildman–Crippen LogP) is 6.72. The van der Waals surface area contributed by atoms with Crippen molar-refractivity contribution in [1.82, 2.24) is 24.8 Å². The number of halogens is 2. The molecular weight excluding hydrogens is 1080 g/mol. The van der Waals surface area contributed by atoms with Crippen LogP contribution < -0.4 is 0 Å². The lowest BCUT2D eigenvalue weighted by atomic mass is 9.74. The summed E-state index contributed by atoms with van der Waals surface area (Å²) in [6.45, 7) is 17.9.